The minimum Gasteiger partial charge on any atom is -0.469 e. The number of aliphatic hydroxyl groups excluding tert-OH is 1. The van der Waals surface area contributed by atoms with Gasteiger partial charge in [0.15, 0.2) is 0 Å². The molecule has 170 valence electrons. The summed E-state index contributed by atoms with van der Waals surface area (Å²) >= 11 is 0. The summed E-state index contributed by atoms with van der Waals surface area (Å²) < 4.78 is 11.0. The largest absolute Gasteiger partial charge is 0.469 e. The third kappa shape index (κ3) is 2.39. The van der Waals surface area contributed by atoms with Gasteiger partial charge in [-0.1, -0.05) is 25.5 Å². The molecule has 1 spiro atoms. The highest BCUT2D eigenvalue weighted by Crippen LogP contribution is 2.71. The Bertz CT molecular complexity index is 894. The predicted octanol–water partition coefficient (Wildman–Crippen LogP) is 2.08. The van der Waals surface area contributed by atoms with Crippen LogP contribution in [0.3, 0.4) is 0 Å². The lowest BCUT2D eigenvalue weighted by molar-refractivity contribution is -0.264. The van der Waals surface area contributed by atoms with Gasteiger partial charge < -0.3 is 19.7 Å². The zero-order valence-corrected chi connectivity index (χ0v) is 18.5. The molecule has 4 aliphatic carbocycles. The average Bonchev–Trinajstić information content (AvgIpc) is 3.23. The SMILES string of the molecule is COC(=O)[C@@H]1C=C2CC(=O)CC[C@]2(C)[C@]2(O)C1C1CC[C@@]3(CCC(=O)O3)[C@@]1(C)C[C@@H]2O. The molecular weight excluding hydrogens is 400 g/mol. The highest BCUT2D eigenvalue weighted by molar-refractivity contribution is 5.84. The Balaban J connectivity index is 1.68. The number of esters is 2. The number of ether oxygens (including phenoxy) is 2. The quantitative estimate of drug-likeness (QED) is 0.482. The van der Waals surface area contributed by atoms with Gasteiger partial charge in [-0.05, 0) is 38.0 Å². The summed E-state index contributed by atoms with van der Waals surface area (Å²) in [5, 5.41) is 23.9. The Morgan fingerprint density at radius 2 is 1.94 bits per heavy atom. The van der Waals surface area contributed by atoms with Crippen molar-refractivity contribution in [2.45, 2.75) is 82.5 Å². The van der Waals surface area contributed by atoms with Crippen LogP contribution in [0.4, 0.5) is 0 Å². The topological polar surface area (TPSA) is 110 Å². The summed E-state index contributed by atoms with van der Waals surface area (Å²) in [6.45, 7) is 3.98. The van der Waals surface area contributed by atoms with E-state index in [1.165, 1.54) is 7.11 Å². The summed E-state index contributed by atoms with van der Waals surface area (Å²) in [7, 11) is 1.33. The van der Waals surface area contributed by atoms with Crippen LogP contribution in [0, 0.1) is 28.6 Å². The zero-order chi connectivity index (χ0) is 22.4. The number of Topliss-reactive ketones (excluding diaryl/α,β-unsaturated/α-hetero) is 1. The lowest BCUT2D eigenvalue weighted by Crippen LogP contribution is -2.72. The van der Waals surface area contributed by atoms with Crippen LogP contribution in [-0.2, 0) is 23.9 Å². The summed E-state index contributed by atoms with van der Waals surface area (Å²) in [4.78, 5) is 37.3. The van der Waals surface area contributed by atoms with Gasteiger partial charge in [-0.3, -0.25) is 14.4 Å². The third-order valence-corrected chi connectivity index (χ3v) is 9.95. The van der Waals surface area contributed by atoms with E-state index >= 15 is 0 Å². The van der Waals surface area contributed by atoms with Crippen molar-refractivity contribution < 1.29 is 34.1 Å². The minimum atomic E-state index is -1.56. The van der Waals surface area contributed by atoms with Gasteiger partial charge in [-0.15, -0.1) is 0 Å². The van der Waals surface area contributed by atoms with Gasteiger partial charge in [0.1, 0.15) is 17.0 Å². The van der Waals surface area contributed by atoms with Crippen LogP contribution in [0.2, 0.25) is 0 Å². The minimum absolute atomic E-state index is 0.0854. The number of carbonyl (C=O) groups is 3. The van der Waals surface area contributed by atoms with E-state index in [0.29, 0.717) is 44.9 Å². The number of ketones is 1. The lowest BCUT2D eigenvalue weighted by Gasteiger charge is -2.65. The number of methoxy groups -OCH3 is 1. The molecule has 2 N–H and O–H groups in total. The molecule has 0 aromatic rings. The standard InChI is InChI=1S/C24H32O7/c1-21-7-4-14(25)10-13(21)11-15(20(28)30-3)19-16-5-8-23(9-6-18(27)31-23)22(16,2)12-17(26)24(19,21)29/h11,15-17,19,26,29H,4-10,12H2,1-3H3/t15-,16?,17+,19?,21+,22+,23-,24-/m1/s1. The normalized spacial score (nSPS) is 50.9. The summed E-state index contributed by atoms with van der Waals surface area (Å²) in [6, 6.07) is 0. The molecule has 8 atom stereocenters. The van der Waals surface area contributed by atoms with Gasteiger partial charge in [0.25, 0.3) is 0 Å². The van der Waals surface area contributed by atoms with E-state index in [-0.39, 0.29) is 24.1 Å². The Morgan fingerprint density at radius 1 is 1.19 bits per heavy atom. The predicted molar refractivity (Wildman–Crippen MR) is 109 cm³/mol. The van der Waals surface area contributed by atoms with Crippen LogP contribution in [-0.4, -0.2) is 52.4 Å². The first-order valence-electron chi connectivity index (χ1n) is 11.5. The lowest BCUT2D eigenvalue weighted by atomic mass is 9.42. The first kappa shape index (κ1) is 21.1. The maximum atomic E-state index is 13.0. The molecule has 0 amide bonds. The first-order chi connectivity index (χ1) is 14.5. The molecule has 1 heterocycles. The molecule has 1 saturated heterocycles. The van der Waals surface area contributed by atoms with Gasteiger partial charge >= 0.3 is 11.9 Å². The number of carbonyl (C=O) groups excluding carboxylic acids is 3. The second-order valence-electron chi connectivity index (χ2n) is 10.9. The highest BCUT2D eigenvalue weighted by atomic mass is 16.6. The summed E-state index contributed by atoms with van der Waals surface area (Å²) in [5.74, 6) is -2.04. The van der Waals surface area contributed by atoms with Crippen molar-refractivity contribution in [1.29, 1.82) is 0 Å². The molecule has 1 aliphatic heterocycles. The second-order valence-corrected chi connectivity index (χ2v) is 10.9. The van der Waals surface area contributed by atoms with Crippen LogP contribution in [0.5, 0.6) is 0 Å². The van der Waals surface area contributed by atoms with E-state index in [9.17, 15) is 24.6 Å². The van der Waals surface area contributed by atoms with Crippen molar-refractivity contribution in [1.82, 2.24) is 0 Å². The van der Waals surface area contributed by atoms with Crippen LogP contribution >= 0.6 is 0 Å². The van der Waals surface area contributed by atoms with Crippen molar-refractivity contribution >= 4 is 17.7 Å². The highest BCUT2D eigenvalue weighted by Gasteiger charge is 2.75. The molecule has 4 fully saturated rings. The molecule has 0 aromatic carbocycles. The van der Waals surface area contributed by atoms with Crippen LogP contribution in [0.1, 0.15) is 65.2 Å². The van der Waals surface area contributed by atoms with Gasteiger partial charge in [-0.2, -0.15) is 0 Å². The summed E-state index contributed by atoms with van der Waals surface area (Å²) in [6.07, 6.45) is 4.34. The Kier molecular flexibility index (Phi) is 4.37. The molecule has 5 rings (SSSR count). The Morgan fingerprint density at radius 3 is 2.58 bits per heavy atom. The van der Waals surface area contributed by atoms with E-state index in [0.717, 1.165) is 5.57 Å². The van der Waals surface area contributed by atoms with Crippen molar-refractivity contribution in [3.63, 3.8) is 0 Å². The van der Waals surface area contributed by atoms with Crippen LogP contribution < -0.4 is 0 Å². The molecule has 2 unspecified atom stereocenters. The smallest absolute Gasteiger partial charge is 0.312 e. The number of rotatable bonds is 1. The fraction of sp³-hybridized carbons (Fsp3) is 0.792. The number of hydrogen-bond acceptors (Lipinski definition) is 7. The van der Waals surface area contributed by atoms with Gasteiger partial charge in [-0.25, -0.2) is 0 Å². The molecule has 5 aliphatic rings. The average molecular weight is 433 g/mol. The van der Waals surface area contributed by atoms with Crippen molar-refractivity contribution in [3.05, 3.63) is 11.6 Å². The molecule has 0 aromatic heterocycles. The van der Waals surface area contributed by atoms with E-state index in [4.69, 9.17) is 9.47 Å². The van der Waals surface area contributed by atoms with Crippen molar-refractivity contribution in [3.8, 4) is 0 Å². The number of aliphatic hydroxyl groups is 2. The first-order valence-corrected chi connectivity index (χ1v) is 11.5. The fourth-order valence-electron chi connectivity index (χ4n) is 8.21. The van der Waals surface area contributed by atoms with Crippen molar-refractivity contribution in [2.24, 2.45) is 28.6 Å². The fourth-order valence-corrected chi connectivity index (χ4v) is 8.21. The number of fused-ring (bicyclic) bond motifs is 6. The molecule has 3 saturated carbocycles. The number of hydrogen-bond donors (Lipinski definition) is 2. The molecule has 7 heteroatoms. The van der Waals surface area contributed by atoms with Crippen LogP contribution in [0.15, 0.2) is 11.6 Å². The maximum absolute atomic E-state index is 13.0. The molecule has 7 nitrogen and oxygen atoms in total. The monoisotopic (exact) mass is 432 g/mol. The van der Waals surface area contributed by atoms with Crippen molar-refractivity contribution in [2.75, 3.05) is 7.11 Å². The third-order valence-electron chi connectivity index (χ3n) is 9.95. The molecule has 0 radical (unpaired) electrons. The molecule has 0 bridgehead atoms. The van der Waals surface area contributed by atoms with E-state index in [1.54, 1.807) is 0 Å². The second kappa shape index (κ2) is 6.41. The van der Waals surface area contributed by atoms with E-state index < -0.39 is 45.9 Å². The van der Waals surface area contributed by atoms with Gasteiger partial charge in [0.2, 0.25) is 0 Å². The van der Waals surface area contributed by atoms with Gasteiger partial charge in [0.05, 0.1) is 19.1 Å². The van der Waals surface area contributed by atoms with E-state index in [1.807, 2.05) is 19.9 Å². The zero-order valence-electron chi connectivity index (χ0n) is 18.5. The maximum Gasteiger partial charge on any atom is 0.312 e. The Labute approximate surface area is 182 Å². The van der Waals surface area contributed by atoms with E-state index in [2.05, 4.69) is 0 Å². The Hall–Kier alpha value is -1.73. The van der Waals surface area contributed by atoms with Gasteiger partial charge in [0, 0.05) is 36.0 Å². The van der Waals surface area contributed by atoms with Crippen LogP contribution in [0.25, 0.3) is 0 Å². The molecular formula is C24H32O7. The molecule has 31 heavy (non-hydrogen) atoms. The summed E-state index contributed by atoms with van der Waals surface area (Å²) in [5.41, 5.74) is -2.83.